The molecule has 0 aliphatic heterocycles. The Hall–Kier alpha value is -2.88. The van der Waals surface area contributed by atoms with Crippen LogP contribution >= 0.6 is 0 Å². The zero-order chi connectivity index (χ0) is 16.8. The molecule has 0 saturated carbocycles. The molecular weight excluding hydrogens is 360 g/mol. The van der Waals surface area contributed by atoms with Crippen molar-refractivity contribution in [3.63, 3.8) is 0 Å². The fourth-order valence-corrected chi connectivity index (χ4v) is 2.16. The van der Waals surface area contributed by atoms with Gasteiger partial charge in [-0.2, -0.15) is 12.1 Å². The first kappa shape index (κ1) is 18.5. The first-order valence-corrected chi connectivity index (χ1v) is 7.37. The summed E-state index contributed by atoms with van der Waals surface area (Å²) in [5.74, 6) is -0.293. The smallest absolute Gasteiger partial charge is 0.339 e. The fourth-order valence-electron chi connectivity index (χ4n) is 2.16. The van der Waals surface area contributed by atoms with E-state index in [0.717, 1.165) is 0 Å². The summed E-state index contributed by atoms with van der Waals surface area (Å²) in [6, 6.07) is 24.9. The summed E-state index contributed by atoms with van der Waals surface area (Å²) in [6.45, 7) is 0. The van der Waals surface area contributed by atoms with Crippen molar-refractivity contribution in [2.45, 2.75) is 0 Å². The van der Waals surface area contributed by atoms with Crippen molar-refractivity contribution in [3.8, 4) is 5.75 Å². The van der Waals surface area contributed by atoms with Gasteiger partial charge in [0.15, 0.2) is 0 Å². The number of fused-ring (bicyclic) bond motifs is 1. The molecule has 0 unspecified atom stereocenters. The third-order valence-electron chi connectivity index (χ3n) is 3.27. The molecule has 0 saturated heterocycles. The molecule has 25 heavy (non-hydrogen) atoms. The minimum atomic E-state index is -0.552. The molecule has 0 atom stereocenters. The fraction of sp³-hybridized carbons (Fsp3) is 0. The normalized spacial score (nSPS) is 9.60. The second-order valence-electron chi connectivity index (χ2n) is 4.95. The van der Waals surface area contributed by atoms with Crippen LogP contribution in [0.5, 0.6) is 5.75 Å². The summed E-state index contributed by atoms with van der Waals surface area (Å²) in [5, 5.41) is 0.585. The van der Waals surface area contributed by atoms with Gasteiger partial charge in [0.2, 0.25) is 0 Å². The maximum Gasteiger partial charge on any atom is 0.339 e. The van der Waals surface area contributed by atoms with Crippen LogP contribution < -0.4 is 10.4 Å². The van der Waals surface area contributed by atoms with Crippen LogP contribution in [0.25, 0.3) is 11.0 Å². The standard InChI is InChI=1S/C15H9O4.C5H5.Fe/c16-14-9-13(11-7-3-4-8-12(11)18-14)19-15(17)10-5-1-2-6-10;1-2-4-5-3-1;/h1-9H;1-5H;/q-1;-5;. The van der Waals surface area contributed by atoms with Crippen LogP contribution in [-0.4, -0.2) is 5.97 Å². The zero-order valence-corrected chi connectivity index (χ0v) is 14.2. The molecule has 4 aromatic rings. The molecule has 0 fully saturated rings. The van der Waals surface area contributed by atoms with Gasteiger partial charge in [-0.25, -0.2) is 16.9 Å². The van der Waals surface area contributed by atoms with E-state index < -0.39 is 11.6 Å². The Morgan fingerprint density at radius 3 is 2.20 bits per heavy atom. The Kier molecular flexibility index (Phi) is 6.52. The van der Waals surface area contributed by atoms with Gasteiger partial charge in [-0.05, 0) is 12.1 Å². The Morgan fingerprint density at radius 2 is 1.56 bits per heavy atom. The topological polar surface area (TPSA) is 56.5 Å². The Balaban J connectivity index is 0.000000325. The number of ether oxygens (including phenoxy) is 1. The molecule has 0 aliphatic rings. The van der Waals surface area contributed by atoms with Crippen LogP contribution in [0.15, 0.2) is 94.1 Å². The minimum Gasteiger partial charge on any atom is -0.748 e. The molecule has 3 aromatic carbocycles. The van der Waals surface area contributed by atoms with E-state index in [-0.39, 0.29) is 22.8 Å². The van der Waals surface area contributed by atoms with E-state index in [0.29, 0.717) is 16.5 Å². The molecule has 4 nitrogen and oxygen atoms in total. The number of para-hydroxylation sites is 1. The summed E-state index contributed by atoms with van der Waals surface area (Å²) in [5.41, 5.74) is 0.279. The van der Waals surface area contributed by atoms with Gasteiger partial charge in [0.05, 0.1) is 11.5 Å². The van der Waals surface area contributed by atoms with Crippen molar-refractivity contribution < 1.29 is 31.0 Å². The quantitative estimate of drug-likeness (QED) is 0.229. The average Bonchev–Trinajstić information content (AvgIpc) is 3.31. The number of benzene rings is 1. The van der Waals surface area contributed by atoms with E-state index in [4.69, 9.17) is 9.15 Å². The number of hydrogen-bond donors (Lipinski definition) is 0. The number of esters is 1. The van der Waals surface area contributed by atoms with Gasteiger partial charge in [0, 0.05) is 17.1 Å². The summed E-state index contributed by atoms with van der Waals surface area (Å²) in [4.78, 5) is 23.3. The molecule has 5 heteroatoms. The molecule has 4 rings (SSSR count). The van der Waals surface area contributed by atoms with Crippen LogP contribution in [0.1, 0.15) is 10.4 Å². The van der Waals surface area contributed by atoms with Crippen LogP contribution in [0, 0.1) is 0 Å². The van der Waals surface area contributed by atoms with Crippen molar-refractivity contribution >= 4 is 16.9 Å². The second-order valence-corrected chi connectivity index (χ2v) is 4.95. The Morgan fingerprint density at radius 1 is 0.960 bits per heavy atom. The maximum absolute atomic E-state index is 11.9. The monoisotopic (exact) mass is 374 g/mol. The molecule has 1 heterocycles. The Labute approximate surface area is 154 Å². The van der Waals surface area contributed by atoms with Crippen molar-refractivity contribution in [1.82, 2.24) is 0 Å². The third kappa shape index (κ3) is 4.80. The number of carbonyl (C=O) groups is 1. The molecule has 0 amide bonds. The van der Waals surface area contributed by atoms with Crippen LogP contribution in [0.4, 0.5) is 0 Å². The molecule has 1 aromatic heterocycles. The van der Waals surface area contributed by atoms with Gasteiger partial charge in [-0.1, -0.05) is 17.7 Å². The third-order valence-corrected chi connectivity index (χ3v) is 3.27. The van der Waals surface area contributed by atoms with Gasteiger partial charge in [-0.15, -0.1) is 0 Å². The summed E-state index contributed by atoms with van der Waals surface area (Å²) >= 11 is 0. The molecular formula is C20H14FeO4-6. The molecule has 132 valence electrons. The van der Waals surface area contributed by atoms with Crippen molar-refractivity contribution in [3.05, 3.63) is 101 Å². The van der Waals surface area contributed by atoms with Crippen LogP contribution in [0.2, 0.25) is 0 Å². The van der Waals surface area contributed by atoms with Crippen LogP contribution in [0.3, 0.4) is 0 Å². The molecule has 0 radical (unpaired) electrons. The molecule has 0 bridgehead atoms. The van der Waals surface area contributed by atoms with E-state index in [2.05, 4.69) is 0 Å². The minimum absolute atomic E-state index is 0. The summed E-state index contributed by atoms with van der Waals surface area (Å²) in [6.07, 6.45) is 0. The maximum atomic E-state index is 11.9. The summed E-state index contributed by atoms with van der Waals surface area (Å²) < 4.78 is 10.3. The Bertz CT molecular complexity index is 949. The van der Waals surface area contributed by atoms with E-state index >= 15 is 0 Å². The van der Waals surface area contributed by atoms with Crippen LogP contribution in [-0.2, 0) is 17.1 Å². The number of hydrogen-bond acceptors (Lipinski definition) is 4. The van der Waals surface area contributed by atoms with E-state index in [1.165, 1.54) is 6.07 Å². The SMILES string of the molecule is O=C(Oc1cc(=O)oc2ccccc12)[c-]1cccc1.[Fe].[cH-]1[cH-][cH-][cH-][cH-]1. The van der Waals surface area contributed by atoms with E-state index in [1.54, 1.807) is 48.5 Å². The second kappa shape index (κ2) is 8.83. The first-order valence-electron chi connectivity index (χ1n) is 7.37. The van der Waals surface area contributed by atoms with Crippen molar-refractivity contribution in [2.24, 2.45) is 0 Å². The predicted molar refractivity (Wildman–Crippen MR) is 91.5 cm³/mol. The summed E-state index contributed by atoms with van der Waals surface area (Å²) in [7, 11) is 0. The molecule has 0 spiro atoms. The van der Waals surface area contributed by atoms with E-state index in [1.807, 2.05) is 30.3 Å². The number of rotatable bonds is 2. The largest absolute Gasteiger partial charge is 0.748 e. The van der Waals surface area contributed by atoms with Gasteiger partial charge < -0.3 is 39.5 Å². The van der Waals surface area contributed by atoms with Gasteiger partial charge in [0.1, 0.15) is 11.3 Å². The van der Waals surface area contributed by atoms with Gasteiger partial charge in [-0.3, -0.25) is 4.79 Å². The average molecular weight is 374 g/mol. The molecule has 0 N–H and O–H groups in total. The molecule has 0 aliphatic carbocycles. The van der Waals surface area contributed by atoms with Gasteiger partial charge in [0.25, 0.3) is 5.97 Å². The van der Waals surface area contributed by atoms with Crippen molar-refractivity contribution in [1.29, 1.82) is 0 Å². The first-order chi connectivity index (χ1) is 11.7. The van der Waals surface area contributed by atoms with E-state index in [9.17, 15) is 9.59 Å². The predicted octanol–water partition coefficient (Wildman–Crippen LogP) is 4.13. The van der Waals surface area contributed by atoms with Gasteiger partial charge >= 0.3 is 5.63 Å². The van der Waals surface area contributed by atoms with Crippen molar-refractivity contribution in [2.75, 3.05) is 0 Å². The zero-order valence-electron chi connectivity index (χ0n) is 13.1. The number of carbonyl (C=O) groups excluding carboxylic acids is 1.